The Morgan fingerprint density at radius 3 is 2.68 bits per heavy atom. The van der Waals surface area contributed by atoms with E-state index >= 15 is 0 Å². The second-order valence-electron chi connectivity index (χ2n) is 6.99. The highest BCUT2D eigenvalue weighted by Crippen LogP contribution is 2.34. The van der Waals surface area contributed by atoms with Crippen molar-refractivity contribution in [1.29, 1.82) is 0 Å². The number of benzene rings is 2. The Balaban J connectivity index is 1.67. The number of nitrogens with zero attached hydrogens (tertiary/aromatic N) is 3. The zero-order valence-electron chi connectivity index (χ0n) is 16.0. The summed E-state index contributed by atoms with van der Waals surface area (Å²) in [7, 11) is 0. The predicted molar refractivity (Wildman–Crippen MR) is 106 cm³/mol. The molecule has 4 rings (SSSR count). The van der Waals surface area contributed by atoms with Crippen molar-refractivity contribution in [2.24, 2.45) is 4.99 Å². The quantitative estimate of drug-likeness (QED) is 0.620. The molecule has 2 heterocycles. The van der Waals surface area contributed by atoms with Crippen LogP contribution < -0.4 is 10.3 Å². The van der Waals surface area contributed by atoms with Gasteiger partial charge in [-0.25, -0.2) is 17.9 Å². The first-order valence-corrected chi connectivity index (χ1v) is 9.32. The van der Waals surface area contributed by atoms with Gasteiger partial charge < -0.3 is 9.84 Å². The van der Waals surface area contributed by atoms with Crippen LogP contribution in [0.25, 0.3) is 10.8 Å². The molecule has 10 heteroatoms. The van der Waals surface area contributed by atoms with Crippen molar-refractivity contribution >= 4 is 28.1 Å². The molecule has 1 N–H and O–H groups in total. The number of carbonyl (C=O) groups is 1. The molecule has 160 valence electrons. The first-order valence-electron chi connectivity index (χ1n) is 9.32. The average molecular weight is 431 g/mol. The molecular weight excluding hydrogens is 415 g/mol. The van der Waals surface area contributed by atoms with E-state index in [1.54, 1.807) is 24.3 Å². The monoisotopic (exact) mass is 431 g/mol. The van der Waals surface area contributed by atoms with Gasteiger partial charge in [0.25, 0.3) is 12.0 Å². The lowest BCUT2D eigenvalue weighted by Crippen LogP contribution is -2.28. The van der Waals surface area contributed by atoms with Crippen molar-refractivity contribution in [3.63, 3.8) is 0 Å². The summed E-state index contributed by atoms with van der Waals surface area (Å²) in [5.74, 6) is -2.26. The summed E-state index contributed by atoms with van der Waals surface area (Å²) in [6.45, 7) is -1.51. The molecule has 0 fully saturated rings. The Morgan fingerprint density at radius 2 is 1.97 bits per heavy atom. The molecule has 0 amide bonds. The van der Waals surface area contributed by atoms with Crippen molar-refractivity contribution in [2.75, 3.05) is 6.61 Å². The number of ether oxygens (including phenoxy) is 1. The van der Waals surface area contributed by atoms with Gasteiger partial charge in [-0.05, 0) is 17.7 Å². The SMILES string of the molecule is O=C(O)Cn1nc(CC2=Nc3cc(OCC(F)F)c(F)cc3C2)c2ccccc2c1=O. The van der Waals surface area contributed by atoms with Crippen LogP contribution in [0.3, 0.4) is 0 Å². The Morgan fingerprint density at radius 1 is 1.23 bits per heavy atom. The van der Waals surface area contributed by atoms with Crippen LogP contribution in [0.1, 0.15) is 11.3 Å². The molecule has 0 atom stereocenters. The van der Waals surface area contributed by atoms with Crippen LogP contribution in [0, 0.1) is 5.82 Å². The second kappa shape index (κ2) is 8.21. The number of halogens is 3. The van der Waals surface area contributed by atoms with Gasteiger partial charge in [-0.1, -0.05) is 18.2 Å². The third kappa shape index (κ3) is 4.27. The van der Waals surface area contributed by atoms with Crippen molar-refractivity contribution in [3.8, 4) is 5.75 Å². The molecule has 0 bridgehead atoms. The fourth-order valence-electron chi connectivity index (χ4n) is 3.49. The Kier molecular flexibility index (Phi) is 5.45. The van der Waals surface area contributed by atoms with Gasteiger partial charge in [0, 0.05) is 30.0 Å². The van der Waals surface area contributed by atoms with Gasteiger partial charge in [0.15, 0.2) is 11.6 Å². The zero-order chi connectivity index (χ0) is 22.1. The summed E-state index contributed by atoms with van der Waals surface area (Å²) < 4.78 is 44.5. The van der Waals surface area contributed by atoms with E-state index in [1.165, 1.54) is 12.1 Å². The van der Waals surface area contributed by atoms with Crippen molar-refractivity contribution in [3.05, 3.63) is 63.8 Å². The smallest absolute Gasteiger partial charge is 0.325 e. The number of hydrogen-bond donors (Lipinski definition) is 1. The number of aromatic nitrogens is 2. The summed E-state index contributed by atoms with van der Waals surface area (Å²) >= 11 is 0. The lowest BCUT2D eigenvalue weighted by molar-refractivity contribution is -0.138. The van der Waals surface area contributed by atoms with Gasteiger partial charge in [0.05, 0.1) is 16.8 Å². The maximum absolute atomic E-state index is 14.1. The van der Waals surface area contributed by atoms with Crippen LogP contribution in [-0.2, 0) is 24.2 Å². The number of carboxylic acid groups (broad SMARTS) is 1. The Labute approximate surface area is 173 Å². The number of aliphatic imine (C=N–C) groups is 1. The highest BCUT2D eigenvalue weighted by molar-refractivity contribution is 5.97. The molecule has 0 spiro atoms. The molecule has 0 saturated heterocycles. The summed E-state index contributed by atoms with van der Waals surface area (Å²) in [6.07, 6.45) is -2.23. The number of alkyl halides is 2. The summed E-state index contributed by atoms with van der Waals surface area (Å²) in [6, 6.07) is 9.19. The Hall–Kier alpha value is -3.69. The second-order valence-corrected chi connectivity index (χ2v) is 6.99. The molecule has 1 aliphatic rings. The number of aliphatic carboxylic acids is 1. The van der Waals surface area contributed by atoms with Gasteiger partial charge >= 0.3 is 5.97 Å². The molecule has 7 nitrogen and oxygen atoms in total. The third-order valence-corrected chi connectivity index (χ3v) is 4.77. The first-order chi connectivity index (χ1) is 14.8. The fourth-order valence-corrected chi connectivity index (χ4v) is 3.49. The molecule has 0 radical (unpaired) electrons. The molecule has 1 aromatic heterocycles. The molecule has 3 aromatic rings. The molecule has 2 aromatic carbocycles. The maximum Gasteiger partial charge on any atom is 0.325 e. The van der Waals surface area contributed by atoms with Gasteiger partial charge in [-0.3, -0.25) is 14.6 Å². The van der Waals surface area contributed by atoms with E-state index in [0.717, 1.165) is 4.68 Å². The number of carboxylic acids is 1. The van der Waals surface area contributed by atoms with Crippen molar-refractivity contribution < 1.29 is 27.8 Å². The third-order valence-electron chi connectivity index (χ3n) is 4.77. The average Bonchev–Trinajstić information content (AvgIpc) is 3.10. The van der Waals surface area contributed by atoms with Crippen LogP contribution >= 0.6 is 0 Å². The van der Waals surface area contributed by atoms with E-state index in [1.807, 2.05) is 0 Å². The van der Waals surface area contributed by atoms with E-state index < -0.39 is 36.9 Å². The van der Waals surface area contributed by atoms with Gasteiger partial charge in [0.1, 0.15) is 13.2 Å². The number of fused-ring (bicyclic) bond motifs is 2. The van der Waals surface area contributed by atoms with E-state index in [9.17, 15) is 22.8 Å². The van der Waals surface area contributed by atoms with Crippen LogP contribution in [-0.4, -0.2) is 39.6 Å². The Bertz CT molecular complexity index is 1270. The van der Waals surface area contributed by atoms with E-state index in [4.69, 9.17) is 9.84 Å². The first kappa shape index (κ1) is 20.6. The standard InChI is InChI=1S/C21H16F3N3O4/c22-15-6-11-5-12(25-16(11)8-18(15)31-10-19(23)24)7-17-13-3-1-2-4-14(13)21(30)27(26-17)9-20(28)29/h1-4,6,8,19H,5,7,9-10H2,(H,28,29). The minimum Gasteiger partial charge on any atom is -0.484 e. The zero-order valence-corrected chi connectivity index (χ0v) is 16.0. The van der Waals surface area contributed by atoms with Crippen molar-refractivity contribution in [2.45, 2.75) is 25.8 Å². The van der Waals surface area contributed by atoms with Gasteiger partial charge in [0.2, 0.25) is 0 Å². The van der Waals surface area contributed by atoms with E-state index in [0.29, 0.717) is 39.8 Å². The van der Waals surface area contributed by atoms with Gasteiger partial charge in [-0.15, -0.1) is 0 Å². The molecule has 0 aliphatic carbocycles. The molecular formula is C21H16F3N3O4. The molecule has 0 unspecified atom stereocenters. The lowest BCUT2D eigenvalue weighted by Gasteiger charge is -2.09. The largest absolute Gasteiger partial charge is 0.484 e. The van der Waals surface area contributed by atoms with Crippen LogP contribution in [0.4, 0.5) is 18.9 Å². The summed E-state index contributed by atoms with van der Waals surface area (Å²) in [5, 5.41) is 14.2. The normalized spacial score (nSPS) is 12.8. The van der Waals surface area contributed by atoms with E-state index in [-0.39, 0.29) is 12.2 Å². The minimum atomic E-state index is -2.73. The van der Waals surface area contributed by atoms with E-state index in [2.05, 4.69) is 10.1 Å². The van der Waals surface area contributed by atoms with Crippen LogP contribution in [0.5, 0.6) is 5.75 Å². The van der Waals surface area contributed by atoms with Crippen LogP contribution in [0.15, 0.2) is 46.2 Å². The lowest BCUT2D eigenvalue weighted by atomic mass is 10.0. The predicted octanol–water partition coefficient (Wildman–Crippen LogP) is 3.14. The number of rotatable bonds is 7. The van der Waals surface area contributed by atoms with Crippen LogP contribution in [0.2, 0.25) is 0 Å². The maximum atomic E-state index is 14.1. The molecule has 0 saturated carbocycles. The number of hydrogen-bond acceptors (Lipinski definition) is 5. The minimum absolute atomic E-state index is 0.198. The fraction of sp³-hybridized carbons (Fsp3) is 0.238. The summed E-state index contributed by atoms with van der Waals surface area (Å²) in [5.41, 5.74) is 1.53. The topological polar surface area (TPSA) is 93.8 Å². The van der Waals surface area contributed by atoms with Crippen molar-refractivity contribution in [1.82, 2.24) is 9.78 Å². The molecule has 31 heavy (non-hydrogen) atoms. The summed E-state index contributed by atoms with van der Waals surface area (Å²) in [4.78, 5) is 28.1. The van der Waals surface area contributed by atoms with Gasteiger partial charge in [-0.2, -0.15) is 5.10 Å². The highest BCUT2D eigenvalue weighted by Gasteiger charge is 2.21. The highest BCUT2D eigenvalue weighted by atomic mass is 19.3. The molecule has 1 aliphatic heterocycles.